The molecule has 2 fully saturated rings. The van der Waals surface area contributed by atoms with Crippen LogP contribution in [0.3, 0.4) is 0 Å². The van der Waals surface area contributed by atoms with Gasteiger partial charge in [0.05, 0.1) is 0 Å². The van der Waals surface area contributed by atoms with Gasteiger partial charge in [0.1, 0.15) is 23.7 Å². The van der Waals surface area contributed by atoms with Gasteiger partial charge in [0.15, 0.2) is 0 Å². The largest absolute Gasteiger partial charge is 0.343 e. The molecule has 0 saturated carbocycles. The van der Waals surface area contributed by atoms with Gasteiger partial charge in [-0.15, -0.1) is 0 Å². The van der Waals surface area contributed by atoms with E-state index < -0.39 is 47.3 Å². The smallest absolute Gasteiger partial charge is 0.246 e. The highest BCUT2D eigenvalue weighted by Gasteiger charge is 2.42. The Balaban J connectivity index is 1.80. The van der Waals surface area contributed by atoms with Crippen molar-refractivity contribution in [3.8, 4) is 0 Å². The topological polar surface area (TPSA) is 157 Å². The van der Waals surface area contributed by atoms with Crippen LogP contribution in [-0.4, -0.2) is 69.9 Å². The summed E-state index contributed by atoms with van der Waals surface area (Å²) in [6.07, 6.45) is 3.48. The maximum absolute atomic E-state index is 13.6. The van der Waals surface area contributed by atoms with E-state index >= 15 is 0 Å². The Labute approximate surface area is 216 Å². The number of hydrogen-bond donors (Lipinski definition) is 5. The molecular weight excluding hydrogens is 478 g/mol. The minimum atomic E-state index is -1.34. The molecule has 2 saturated heterocycles. The fourth-order valence-electron chi connectivity index (χ4n) is 4.75. The van der Waals surface area contributed by atoms with Crippen LogP contribution in [0.2, 0.25) is 0 Å². The number of amides is 5. The maximum atomic E-state index is 13.6. The third kappa shape index (κ3) is 7.51. The summed E-state index contributed by atoms with van der Waals surface area (Å²) in [7, 11) is 0. The average molecular weight is 516 g/mol. The molecule has 0 aliphatic carbocycles. The molecule has 2 aliphatic heterocycles. The van der Waals surface area contributed by atoms with E-state index in [-0.39, 0.29) is 18.7 Å². The fraction of sp³-hybridized carbons (Fsp3) is 0.577. The van der Waals surface area contributed by atoms with Crippen molar-refractivity contribution >= 4 is 29.5 Å². The monoisotopic (exact) mass is 515 g/mol. The molecule has 37 heavy (non-hydrogen) atoms. The Morgan fingerprint density at radius 3 is 2.46 bits per heavy atom. The summed E-state index contributed by atoms with van der Waals surface area (Å²) >= 11 is 0. The lowest BCUT2D eigenvalue weighted by atomic mass is 9.98. The van der Waals surface area contributed by atoms with Crippen LogP contribution in [-0.2, 0) is 30.4 Å². The molecule has 2 heterocycles. The zero-order valence-corrected chi connectivity index (χ0v) is 21.4. The molecule has 3 atom stereocenters. The fourth-order valence-corrected chi connectivity index (χ4v) is 4.75. The Morgan fingerprint density at radius 2 is 1.76 bits per heavy atom. The van der Waals surface area contributed by atoms with Crippen molar-refractivity contribution in [1.29, 1.82) is 0 Å². The number of fused-ring (bicyclic) bond motifs is 1. The Morgan fingerprint density at radius 1 is 1.03 bits per heavy atom. The first-order valence-electron chi connectivity index (χ1n) is 12.8. The minimum absolute atomic E-state index is 0.149. The second kappa shape index (κ2) is 12.7. The van der Waals surface area contributed by atoms with Crippen molar-refractivity contribution in [2.24, 2.45) is 0 Å². The zero-order chi connectivity index (χ0) is 27.0. The molecule has 5 amide bonds. The van der Waals surface area contributed by atoms with Gasteiger partial charge in [-0.1, -0.05) is 43.2 Å². The number of hydroxylamine groups is 1. The summed E-state index contributed by atoms with van der Waals surface area (Å²) in [6.45, 7) is 3.51. The predicted molar refractivity (Wildman–Crippen MR) is 134 cm³/mol. The van der Waals surface area contributed by atoms with Gasteiger partial charge in [-0.3, -0.25) is 29.2 Å². The van der Waals surface area contributed by atoms with Gasteiger partial charge < -0.3 is 20.9 Å². The van der Waals surface area contributed by atoms with E-state index in [0.717, 1.165) is 5.56 Å². The van der Waals surface area contributed by atoms with Crippen LogP contribution in [0.5, 0.6) is 0 Å². The number of nitrogens with zero attached hydrogens (tertiary/aromatic N) is 1. The molecule has 5 N–H and O–H groups in total. The first-order chi connectivity index (χ1) is 17.6. The summed E-state index contributed by atoms with van der Waals surface area (Å²) in [4.78, 5) is 66.0. The van der Waals surface area contributed by atoms with Crippen molar-refractivity contribution in [3.05, 3.63) is 35.9 Å². The van der Waals surface area contributed by atoms with Crippen LogP contribution >= 0.6 is 0 Å². The quantitative estimate of drug-likeness (QED) is 0.193. The standard InChI is InChI=1S/C26H37N5O6/c1-26(2)25(36)28-19(16-17-10-5-3-6-11-17)24(35)31-15-9-13-20(31)23(34)27-18(22(33)29-26)12-7-4-8-14-21(32)30-37/h3,5-6,10-11,18-20,37H,4,7-9,12-16H2,1-2H3,(H,27,34)(H,28,36)(H,29,33)(H,30,32). The zero-order valence-electron chi connectivity index (χ0n) is 21.4. The molecule has 2 aliphatic rings. The van der Waals surface area contributed by atoms with E-state index in [0.29, 0.717) is 45.1 Å². The second-order valence-electron chi connectivity index (χ2n) is 10.2. The van der Waals surface area contributed by atoms with Crippen LogP contribution < -0.4 is 21.4 Å². The normalized spacial score (nSPS) is 24.2. The van der Waals surface area contributed by atoms with Crippen molar-refractivity contribution in [2.75, 3.05) is 6.54 Å². The molecule has 1 aromatic carbocycles. The second-order valence-corrected chi connectivity index (χ2v) is 10.2. The maximum Gasteiger partial charge on any atom is 0.246 e. The summed E-state index contributed by atoms with van der Waals surface area (Å²) in [5.74, 6) is -2.18. The average Bonchev–Trinajstić information content (AvgIpc) is 3.36. The number of unbranched alkanes of at least 4 members (excludes halogenated alkanes) is 2. The lowest BCUT2D eigenvalue weighted by Crippen LogP contribution is -2.64. The first kappa shape index (κ1) is 28.1. The molecule has 3 unspecified atom stereocenters. The van der Waals surface area contributed by atoms with E-state index in [2.05, 4.69) is 16.0 Å². The number of carbonyl (C=O) groups is 5. The van der Waals surface area contributed by atoms with Gasteiger partial charge in [-0.05, 0) is 45.1 Å². The van der Waals surface area contributed by atoms with E-state index in [1.165, 1.54) is 4.90 Å². The highest BCUT2D eigenvalue weighted by atomic mass is 16.5. The molecule has 1 aromatic rings. The third-order valence-corrected chi connectivity index (χ3v) is 6.88. The highest BCUT2D eigenvalue weighted by Crippen LogP contribution is 2.21. The Hall–Kier alpha value is -3.47. The van der Waals surface area contributed by atoms with Gasteiger partial charge >= 0.3 is 0 Å². The van der Waals surface area contributed by atoms with E-state index in [4.69, 9.17) is 5.21 Å². The van der Waals surface area contributed by atoms with Crippen molar-refractivity contribution in [3.63, 3.8) is 0 Å². The number of hydrogen-bond acceptors (Lipinski definition) is 6. The van der Waals surface area contributed by atoms with Gasteiger partial charge in [0.25, 0.3) is 0 Å². The van der Waals surface area contributed by atoms with E-state index in [1.54, 1.807) is 19.3 Å². The van der Waals surface area contributed by atoms with Gasteiger partial charge in [-0.2, -0.15) is 0 Å². The van der Waals surface area contributed by atoms with Crippen LogP contribution in [0.25, 0.3) is 0 Å². The molecule has 0 bridgehead atoms. The lowest BCUT2D eigenvalue weighted by molar-refractivity contribution is -0.144. The number of rotatable bonds is 8. The molecule has 3 rings (SSSR count). The molecule has 0 aromatic heterocycles. The summed E-state index contributed by atoms with van der Waals surface area (Å²) in [5, 5.41) is 17.0. The summed E-state index contributed by atoms with van der Waals surface area (Å²) in [5.41, 5.74) is 1.11. The van der Waals surface area contributed by atoms with E-state index in [9.17, 15) is 24.0 Å². The highest BCUT2D eigenvalue weighted by molar-refractivity contribution is 5.99. The van der Waals surface area contributed by atoms with Crippen LogP contribution in [0, 0.1) is 0 Å². The predicted octanol–water partition coefficient (Wildman–Crippen LogP) is 0.554. The molecular formula is C26H37N5O6. The SMILES string of the molecule is CC1(C)NC(=O)C(CCCCCC(=O)NO)NC(=O)C2CCCN2C(=O)C(Cc2ccccc2)NC1=O. The minimum Gasteiger partial charge on any atom is -0.343 e. The third-order valence-electron chi connectivity index (χ3n) is 6.88. The Kier molecular flexibility index (Phi) is 9.62. The van der Waals surface area contributed by atoms with E-state index in [1.807, 2.05) is 30.3 Å². The van der Waals surface area contributed by atoms with Crippen molar-refractivity contribution in [2.45, 2.75) is 88.9 Å². The molecule has 0 spiro atoms. The summed E-state index contributed by atoms with van der Waals surface area (Å²) < 4.78 is 0. The van der Waals surface area contributed by atoms with Gasteiger partial charge in [0, 0.05) is 19.4 Å². The lowest BCUT2D eigenvalue weighted by Gasteiger charge is -2.34. The first-order valence-corrected chi connectivity index (χ1v) is 12.8. The molecule has 11 heteroatoms. The number of nitrogens with one attached hydrogen (secondary N) is 4. The Bertz CT molecular complexity index is 998. The number of benzene rings is 1. The molecule has 11 nitrogen and oxygen atoms in total. The van der Waals surface area contributed by atoms with Crippen LogP contribution in [0.4, 0.5) is 0 Å². The van der Waals surface area contributed by atoms with Crippen molar-refractivity contribution in [1.82, 2.24) is 26.3 Å². The van der Waals surface area contributed by atoms with Crippen molar-refractivity contribution < 1.29 is 29.2 Å². The summed E-state index contributed by atoms with van der Waals surface area (Å²) in [6, 6.07) is 6.82. The van der Waals surface area contributed by atoms with Gasteiger partial charge in [-0.25, -0.2) is 5.48 Å². The van der Waals surface area contributed by atoms with Crippen LogP contribution in [0.1, 0.15) is 64.4 Å². The van der Waals surface area contributed by atoms with Crippen LogP contribution in [0.15, 0.2) is 30.3 Å². The molecule has 0 radical (unpaired) electrons. The number of carbonyl (C=O) groups excluding carboxylic acids is 5. The molecule has 202 valence electrons. The van der Waals surface area contributed by atoms with Gasteiger partial charge in [0.2, 0.25) is 29.5 Å².